The van der Waals surface area contributed by atoms with Crippen LogP contribution in [0.1, 0.15) is 46.1 Å². The number of methoxy groups -OCH3 is 2. The van der Waals surface area contributed by atoms with Crippen molar-refractivity contribution in [2.45, 2.75) is 94.8 Å². The molecule has 3 heterocycles. The molecule has 8 unspecified atom stereocenters. The number of thioether (sulfide) groups is 1. The zero-order valence-electron chi connectivity index (χ0n) is 33.5. The molecule has 2 saturated heterocycles. The Hall–Kier alpha value is -4.56. The predicted molar refractivity (Wildman–Crippen MR) is 211 cm³/mol. The number of likely N-dealkylation sites (N-methyl/N-ethyl adjacent to an activating group) is 1. The standard InChI is InChI=1S/C38H51ClN4O14S/c1-19-10-9-11-27(54-8)38(52)16-26(55-36(51)41-38)20(2)32-37(4,57-32)28(15-29(44)43(6)24-13-22(12-19)14-25(53-7)31(24)39)56-34(49)21(3)42(5)35(50)40-23(33(47)48)17-58-18-30(45)46/h9-11,13-14,20-21,23,26-28,32,52H,12,15-18H2,1-8H3,(H,40,50)(H,41,51)(H,45,46)(H,47,48)/b11-9+,19-10+/t20?,21-,23?,26?,27?,28?,32?,37?,38?/m0/s1. The molecule has 5 N–H and O–H groups in total. The van der Waals surface area contributed by atoms with Gasteiger partial charge in [-0.25, -0.2) is 19.2 Å². The van der Waals surface area contributed by atoms with Gasteiger partial charge in [-0.05, 0) is 44.9 Å². The van der Waals surface area contributed by atoms with Crippen molar-refractivity contribution in [3.05, 3.63) is 46.5 Å². The molecule has 20 heteroatoms. The Morgan fingerprint density at radius 3 is 2.52 bits per heavy atom. The molecule has 18 nitrogen and oxygen atoms in total. The molecule has 3 aliphatic heterocycles. The molecule has 0 saturated carbocycles. The normalized spacial score (nSPS) is 29.9. The average molecular weight is 855 g/mol. The number of nitrogens with one attached hydrogen (secondary N) is 2. The van der Waals surface area contributed by atoms with Gasteiger partial charge in [-0.2, -0.15) is 0 Å². The van der Waals surface area contributed by atoms with Crippen molar-refractivity contribution in [2.75, 3.05) is 44.7 Å². The number of halogens is 1. The highest BCUT2D eigenvalue weighted by atomic mass is 35.5. The van der Waals surface area contributed by atoms with Gasteiger partial charge in [0, 0.05) is 39.3 Å². The number of ether oxygens (including phenoxy) is 5. The summed E-state index contributed by atoms with van der Waals surface area (Å²) in [7, 11) is 5.58. The van der Waals surface area contributed by atoms with Gasteiger partial charge in [-0.3, -0.25) is 14.9 Å². The number of carbonyl (C=O) groups is 6. The Morgan fingerprint density at radius 1 is 1.21 bits per heavy atom. The number of carboxylic acid groups (broad SMARTS) is 2. The summed E-state index contributed by atoms with van der Waals surface area (Å²) in [5.74, 6) is -5.04. The van der Waals surface area contributed by atoms with Crippen molar-refractivity contribution in [2.24, 2.45) is 5.92 Å². The van der Waals surface area contributed by atoms with E-state index in [0.717, 1.165) is 27.8 Å². The highest BCUT2D eigenvalue weighted by molar-refractivity contribution is 8.00. The van der Waals surface area contributed by atoms with Crippen LogP contribution >= 0.6 is 23.4 Å². The molecule has 0 radical (unpaired) electrons. The van der Waals surface area contributed by atoms with Crippen LogP contribution in [0.25, 0.3) is 0 Å². The number of hydrogen-bond acceptors (Lipinski definition) is 13. The van der Waals surface area contributed by atoms with Gasteiger partial charge in [-0.15, -0.1) is 11.8 Å². The minimum absolute atomic E-state index is 0.124. The number of carbonyl (C=O) groups excluding carboxylic acids is 4. The lowest BCUT2D eigenvalue weighted by Gasteiger charge is -2.42. The van der Waals surface area contributed by atoms with E-state index in [1.165, 1.54) is 40.1 Å². The van der Waals surface area contributed by atoms with Crippen LogP contribution < -0.4 is 20.3 Å². The average Bonchev–Trinajstić information content (AvgIpc) is 3.85. The van der Waals surface area contributed by atoms with E-state index in [4.69, 9.17) is 40.4 Å². The second-order valence-corrected chi connectivity index (χ2v) is 16.2. The number of esters is 1. The van der Waals surface area contributed by atoms with Gasteiger partial charge >= 0.3 is 30.0 Å². The smallest absolute Gasteiger partial charge is 0.409 e. The molecule has 4 bridgehead atoms. The van der Waals surface area contributed by atoms with Crippen molar-refractivity contribution < 1.29 is 67.8 Å². The Morgan fingerprint density at radius 2 is 1.90 bits per heavy atom. The lowest BCUT2D eigenvalue weighted by molar-refractivity contribution is -0.158. The number of aliphatic hydroxyl groups is 1. The molecule has 0 aliphatic carbocycles. The number of alkyl carbamates (subject to hydrolysis) is 1. The molecule has 1 aromatic carbocycles. The molecule has 1 aromatic rings. The number of urea groups is 1. The van der Waals surface area contributed by atoms with Crippen molar-refractivity contribution >= 4 is 65.0 Å². The molecule has 4 amide bonds. The van der Waals surface area contributed by atoms with Gasteiger partial charge in [-0.1, -0.05) is 42.3 Å². The Balaban J connectivity index is 1.70. The SMILES string of the molecule is COc1cc2cc(c1Cl)N(C)C(=O)CC(OC(=O)[C@H](C)N(C)C(=O)NC(CSCC(=O)O)C(=O)O)C1(C)OC1C(C)C1CC(O)(NC(=O)O1)C(OC)/C=C/C=C(\C)C2. The van der Waals surface area contributed by atoms with E-state index in [9.17, 15) is 39.0 Å². The number of fused-ring (bicyclic) bond motifs is 5. The number of allylic oxidation sites excluding steroid dienone is 3. The monoisotopic (exact) mass is 854 g/mol. The van der Waals surface area contributed by atoms with Gasteiger partial charge in [0.1, 0.15) is 46.8 Å². The fourth-order valence-corrected chi connectivity index (χ4v) is 7.93. The molecule has 320 valence electrons. The Kier molecular flexibility index (Phi) is 15.1. The Bertz CT molecular complexity index is 1830. The first kappa shape index (κ1) is 46.1. The lowest BCUT2D eigenvalue weighted by Crippen LogP contribution is -2.63. The predicted octanol–water partition coefficient (Wildman–Crippen LogP) is 2.97. The summed E-state index contributed by atoms with van der Waals surface area (Å²) in [6.07, 6.45) is 0.0514. The highest BCUT2D eigenvalue weighted by Crippen LogP contribution is 2.49. The van der Waals surface area contributed by atoms with Crippen LogP contribution in [0.5, 0.6) is 5.75 Å². The summed E-state index contributed by atoms with van der Waals surface area (Å²) < 4.78 is 29.0. The van der Waals surface area contributed by atoms with Crippen LogP contribution in [-0.2, 0) is 44.5 Å². The van der Waals surface area contributed by atoms with E-state index in [0.29, 0.717) is 17.9 Å². The van der Waals surface area contributed by atoms with Gasteiger partial charge in [0.25, 0.3) is 0 Å². The third kappa shape index (κ3) is 10.7. The first-order chi connectivity index (χ1) is 27.1. The Labute approximate surface area is 345 Å². The number of benzene rings is 1. The van der Waals surface area contributed by atoms with Crippen LogP contribution in [0.3, 0.4) is 0 Å². The third-order valence-corrected chi connectivity index (χ3v) is 12.0. The number of amides is 4. The summed E-state index contributed by atoms with van der Waals surface area (Å²) in [6.45, 7) is 6.57. The molecular weight excluding hydrogens is 804 g/mol. The molecule has 9 atom stereocenters. The molecule has 0 spiro atoms. The topological polar surface area (TPSA) is 243 Å². The summed E-state index contributed by atoms with van der Waals surface area (Å²) in [5, 5.41) is 35.1. The largest absolute Gasteiger partial charge is 0.495 e. The first-order valence-electron chi connectivity index (χ1n) is 18.3. The molecule has 4 rings (SSSR count). The minimum atomic E-state index is -1.90. The van der Waals surface area contributed by atoms with Crippen molar-refractivity contribution in [3.63, 3.8) is 0 Å². The van der Waals surface area contributed by atoms with Crippen LogP contribution in [0.4, 0.5) is 15.3 Å². The van der Waals surface area contributed by atoms with Crippen LogP contribution in [0.15, 0.2) is 35.9 Å². The summed E-state index contributed by atoms with van der Waals surface area (Å²) in [6, 6.07) is -0.277. The number of anilines is 1. The second-order valence-electron chi connectivity index (χ2n) is 14.8. The summed E-state index contributed by atoms with van der Waals surface area (Å²) >= 11 is 7.53. The number of rotatable bonds is 11. The number of epoxide rings is 1. The highest BCUT2D eigenvalue weighted by Gasteiger charge is 2.64. The first-order valence-corrected chi connectivity index (χ1v) is 19.8. The zero-order valence-corrected chi connectivity index (χ0v) is 35.0. The third-order valence-electron chi connectivity index (χ3n) is 10.6. The minimum Gasteiger partial charge on any atom is -0.495 e. The fraction of sp³-hybridized carbons (Fsp3) is 0.579. The molecule has 2 fully saturated rings. The van der Waals surface area contributed by atoms with Gasteiger partial charge < -0.3 is 54.1 Å². The van der Waals surface area contributed by atoms with Crippen LogP contribution in [0.2, 0.25) is 5.02 Å². The maximum Gasteiger partial charge on any atom is 0.409 e. The van der Waals surface area contributed by atoms with Crippen molar-refractivity contribution in [1.29, 1.82) is 0 Å². The van der Waals surface area contributed by atoms with E-state index in [2.05, 4.69) is 10.6 Å². The van der Waals surface area contributed by atoms with Gasteiger partial charge in [0.15, 0.2) is 5.72 Å². The molecule has 3 aliphatic rings. The maximum absolute atomic E-state index is 14.2. The van der Waals surface area contributed by atoms with Crippen LogP contribution in [0, 0.1) is 5.92 Å². The summed E-state index contributed by atoms with van der Waals surface area (Å²) in [4.78, 5) is 78.9. The summed E-state index contributed by atoms with van der Waals surface area (Å²) in [5.41, 5.74) is -1.32. The van der Waals surface area contributed by atoms with E-state index in [1.807, 2.05) is 13.0 Å². The van der Waals surface area contributed by atoms with E-state index in [1.54, 1.807) is 38.1 Å². The van der Waals surface area contributed by atoms with E-state index in [-0.39, 0.29) is 22.9 Å². The lowest BCUT2D eigenvalue weighted by atomic mass is 9.83. The van der Waals surface area contributed by atoms with Crippen molar-refractivity contribution in [3.8, 4) is 5.75 Å². The number of nitrogens with zero attached hydrogens (tertiary/aromatic N) is 2. The quantitative estimate of drug-likeness (QED) is 0.159. The fourth-order valence-electron chi connectivity index (χ4n) is 6.87. The number of hydrogen-bond donors (Lipinski definition) is 5. The van der Waals surface area contributed by atoms with Crippen molar-refractivity contribution in [1.82, 2.24) is 15.5 Å². The van der Waals surface area contributed by atoms with Crippen LogP contribution in [-0.4, -0.2) is 144 Å². The van der Waals surface area contributed by atoms with E-state index >= 15 is 0 Å². The molecule has 0 aromatic heterocycles. The van der Waals surface area contributed by atoms with E-state index < -0.39 is 96.1 Å². The zero-order chi connectivity index (χ0) is 43.3. The maximum atomic E-state index is 14.2. The number of carboxylic acids is 2. The van der Waals surface area contributed by atoms with Gasteiger partial charge in [0.05, 0.1) is 31.1 Å². The molecular formula is C38H51ClN4O14S. The molecule has 58 heavy (non-hydrogen) atoms. The van der Waals surface area contributed by atoms with Gasteiger partial charge in [0.2, 0.25) is 5.91 Å². The second kappa shape index (κ2) is 19.0. The number of aliphatic carboxylic acids is 2.